The fourth-order valence-corrected chi connectivity index (χ4v) is 11.0. The minimum atomic E-state index is -0.801. The van der Waals surface area contributed by atoms with Crippen molar-refractivity contribution >= 4 is 0 Å². The van der Waals surface area contributed by atoms with Crippen molar-refractivity contribution in [2.45, 2.75) is 143 Å². The highest BCUT2D eigenvalue weighted by atomic mass is 16.5. The predicted octanol–water partition coefficient (Wildman–Crippen LogP) is 5.71. The van der Waals surface area contributed by atoms with Crippen molar-refractivity contribution < 1.29 is 20.1 Å². The summed E-state index contributed by atoms with van der Waals surface area (Å²) in [6, 6.07) is 0. The Morgan fingerprint density at radius 3 is 2.03 bits per heavy atom. The third-order valence-corrected chi connectivity index (χ3v) is 13.3. The maximum atomic E-state index is 12.0. The third-order valence-electron chi connectivity index (χ3n) is 13.3. The lowest BCUT2D eigenvalue weighted by Crippen LogP contribution is -2.68. The summed E-state index contributed by atoms with van der Waals surface area (Å²) < 4.78 is 6.69. The Bertz CT molecular complexity index is 817. The van der Waals surface area contributed by atoms with Crippen LogP contribution >= 0.6 is 0 Å². The number of hydrogen-bond donors (Lipinski definition) is 3. The molecule has 0 bridgehead atoms. The summed E-state index contributed by atoms with van der Waals surface area (Å²) in [6.45, 7) is 18.0. The van der Waals surface area contributed by atoms with Crippen LogP contribution in [-0.4, -0.2) is 44.8 Å². The maximum Gasteiger partial charge on any atom is 0.0865 e. The quantitative estimate of drug-likeness (QED) is 0.477. The Morgan fingerprint density at radius 2 is 1.41 bits per heavy atom. The molecule has 4 heteroatoms. The van der Waals surface area contributed by atoms with Crippen LogP contribution in [0.15, 0.2) is 0 Å². The first-order valence-electron chi connectivity index (χ1n) is 14.3. The number of ether oxygens (including phenoxy) is 1. The fourth-order valence-electron chi connectivity index (χ4n) is 11.0. The van der Waals surface area contributed by atoms with E-state index in [9.17, 15) is 15.3 Å². The van der Waals surface area contributed by atoms with Crippen LogP contribution < -0.4 is 0 Å². The zero-order valence-corrected chi connectivity index (χ0v) is 23.2. The van der Waals surface area contributed by atoms with Crippen LogP contribution in [0.5, 0.6) is 0 Å². The highest BCUT2D eigenvalue weighted by molar-refractivity contribution is 5.21. The fraction of sp³-hybridized carbons (Fsp3) is 1.00. The summed E-state index contributed by atoms with van der Waals surface area (Å²) in [6.07, 6.45) is 8.75. The highest BCUT2D eigenvalue weighted by Gasteiger charge is 2.72. The van der Waals surface area contributed by atoms with E-state index in [1.54, 1.807) is 0 Å². The standard InChI is InChI=1S/C30H52O4/c1-25(2)21-17-23(32)30(8)20(27(21,5)14-12-22(25)31)10-9-18-19(11-15-28(18,30)6)29(7)16-13-24(34-29)26(3,4)33/h18-24,31-33H,9-17H2,1-8H3. The van der Waals surface area contributed by atoms with Gasteiger partial charge in [-0.3, -0.25) is 0 Å². The van der Waals surface area contributed by atoms with Crippen LogP contribution in [0, 0.1) is 45.3 Å². The molecule has 11 atom stereocenters. The van der Waals surface area contributed by atoms with E-state index < -0.39 is 5.60 Å². The molecular formula is C30H52O4. The minimum Gasteiger partial charge on any atom is -0.393 e. The Labute approximate surface area is 208 Å². The van der Waals surface area contributed by atoms with Gasteiger partial charge in [0.15, 0.2) is 0 Å². The molecule has 0 aromatic heterocycles. The van der Waals surface area contributed by atoms with E-state index in [-0.39, 0.29) is 45.6 Å². The highest BCUT2D eigenvalue weighted by Crippen LogP contribution is 2.76. The van der Waals surface area contributed by atoms with Gasteiger partial charge in [0.05, 0.1) is 29.5 Å². The molecule has 0 aromatic carbocycles. The van der Waals surface area contributed by atoms with Crippen molar-refractivity contribution in [3.05, 3.63) is 0 Å². The van der Waals surface area contributed by atoms with Crippen molar-refractivity contribution in [2.24, 2.45) is 45.3 Å². The molecule has 196 valence electrons. The Kier molecular flexibility index (Phi) is 5.59. The summed E-state index contributed by atoms with van der Waals surface area (Å²) >= 11 is 0. The van der Waals surface area contributed by atoms with Crippen molar-refractivity contribution in [3.8, 4) is 0 Å². The van der Waals surface area contributed by atoms with Crippen molar-refractivity contribution in [2.75, 3.05) is 0 Å². The molecule has 5 aliphatic rings. The summed E-state index contributed by atoms with van der Waals surface area (Å²) in [5.41, 5.74) is -0.985. The van der Waals surface area contributed by atoms with Gasteiger partial charge in [0.1, 0.15) is 0 Å². The van der Waals surface area contributed by atoms with Gasteiger partial charge < -0.3 is 20.1 Å². The van der Waals surface area contributed by atoms with E-state index in [0.29, 0.717) is 23.7 Å². The van der Waals surface area contributed by atoms with E-state index in [1.807, 2.05) is 13.8 Å². The molecule has 5 fully saturated rings. The first-order valence-corrected chi connectivity index (χ1v) is 14.3. The second kappa shape index (κ2) is 7.45. The van der Waals surface area contributed by atoms with Gasteiger partial charge in [-0.15, -0.1) is 0 Å². The van der Waals surface area contributed by atoms with Gasteiger partial charge in [-0.05, 0) is 118 Å². The third kappa shape index (κ3) is 3.10. The van der Waals surface area contributed by atoms with E-state index in [1.165, 1.54) is 12.8 Å². The molecule has 1 heterocycles. The van der Waals surface area contributed by atoms with Gasteiger partial charge in [0.25, 0.3) is 0 Å². The summed E-state index contributed by atoms with van der Waals surface area (Å²) in [5, 5.41) is 33.5. The number of aliphatic hydroxyl groups excluding tert-OH is 2. The van der Waals surface area contributed by atoms with Crippen molar-refractivity contribution in [3.63, 3.8) is 0 Å². The van der Waals surface area contributed by atoms with Crippen LogP contribution in [0.3, 0.4) is 0 Å². The number of hydrogen-bond acceptors (Lipinski definition) is 4. The average molecular weight is 477 g/mol. The van der Waals surface area contributed by atoms with Crippen LogP contribution in [0.2, 0.25) is 0 Å². The number of fused-ring (bicyclic) bond motifs is 5. The molecule has 4 nitrogen and oxygen atoms in total. The largest absolute Gasteiger partial charge is 0.393 e. The summed E-state index contributed by atoms with van der Waals surface area (Å²) in [7, 11) is 0. The lowest BCUT2D eigenvalue weighted by molar-refractivity contribution is -0.265. The lowest BCUT2D eigenvalue weighted by Gasteiger charge is -2.71. The second-order valence-corrected chi connectivity index (χ2v) is 15.4. The van der Waals surface area contributed by atoms with Crippen LogP contribution in [0.1, 0.15) is 113 Å². The second-order valence-electron chi connectivity index (χ2n) is 15.4. The number of rotatable bonds is 2. The molecule has 0 spiro atoms. The van der Waals surface area contributed by atoms with E-state index in [4.69, 9.17) is 4.74 Å². The molecule has 0 aromatic rings. The molecule has 0 amide bonds. The predicted molar refractivity (Wildman–Crippen MR) is 135 cm³/mol. The first kappa shape index (κ1) is 25.5. The average Bonchev–Trinajstić information content (AvgIpc) is 3.30. The van der Waals surface area contributed by atoms with Gasteiger partial charge in [-0.1, -0.05) is 34.6 Å². The first-order chi connectivity index (χ1) is 15.5. The Balaban J connectivity index is 1.48. The van der Waals surface area contributed by atoms with Crippen molar-refractivity contribution in [1.29, 1.82) is 0 Å². The molecule has 1 saturated heterocycles. The molecule has 11 unspecified atom stereocenters. The van der Waals surface area contributed by atoms with Gasteiger partial charge in [0.2, 0.25) is 0 Å². The maximum absolute atomic E-state index is 12.0. The monoisotopic (exact) mass is 476 g/mol. The molecule has 4 saturated carbocycles. The number of aliphatic hydroxyl groups is 3. The minimum absolute atomic E-state index is 0.0906. The molecule has 3 N–H and O–H groups in total. The molecule has 5 rings (SSSR count). The van der Waals surface area contributed by atoms with Gasteiger partial charge in [0, 0.05) is 5.41 Å². The topological polar surface area (TPSA) is 69.9 Å². The molecule has 34 heavy (non-hydrogen) atoms. The molecule has 1 aliphatic heterocycles. The van der Waals surface area contributed by atoms with Gasteiger partial charge >= 0.3 is 0 Å². The molecule has 0 radical (unpaired) electrons. The normalized spacial score (nSPS) is 57.1. The van der Waals surface area contributed by atoms with Crippen molar-refractivity contribution in [1.82, 2.24) is 0 Å². The van der Waals surface area contributed by atoms with E-state index in [2.05, 4.69) is 41.5 Å². The van der Waals surface area contributed by atoms with Crippen LogP contribution in [0.25, 0.3) is 0 Å². The van der Waals surface area contributed by atoms with Gasteiger partial charge in [-0.25, -0.2) is 0 Å². The Morgan fingerprint density at radius 1 is 0.735 bits per heavy atom. The van der Waals surface area contributed by atoms with E-state index >= 15 is 0 Å². The smallest absolute Gasteiger partial charge is 0.0865 e. The lowest BCUT2D eigenvalue weighted by atomic mass is 9.34. The van der Waals surface area contributed by atoms with Crippen LogP contribution in [0.4, 0.5) is 0 Å². The zero-order valence-electron chi connectivity index (χ0n) is 23.2. The van der Waals surface area contributed by atoms with Crippen LogP contribution in [-0.2, 0) is 4.74 Å². The zero-order chi connectivity index (χ0) is 25.1. The SMILES string of the molecule is CC(C)(O)C1CCC(C)(C2CCC3(C)C2CCC2C4(C)CCC(O)C(C)(C)C4CC(O)C23C)O1. The summed E-state index contributed by atoms with van der Waals surface area (Å²) in [5.74, 6) is 1.89. The Hall–Kier alpha value is -0.160. The van der Waals surface area contributed by atoms with Gasteiger partial charge in [-0.2, -0.15) is 0 Å². The molecular weight excluding hydrogens is 424 g/mol. The summed E-state index contributed by atoms with van der Waals surface area (Å²) in [4.78, 5) is 0. The van der Waals surface area contributed by atoms with E-state index in [0.717, 1.165) is 44.9 Å². The molecule has 4 aliphatic carbocycles.